The van der Waals surface area contributed by atoms with Crippen LogP contribution in [-0.2, 0) is 0 Å². The van der Waals surface area contributed by atoms with Gasteiger partial charge in [-0.1, -0.05) is 6.58 Å². The van der Waals surface area contributed by atoms with Crippen LogP contribution in [0.3, 0.4) is 0 Å². The van der Waals surface area contributed by atoms with E-state index >= 15 is 0 Å². The standard InChI is InChI=1S/C9H15NS2/c1-7(10-2)4-8-5-9(11-3)6-12-8/h6,8,10H,1,4-5H2,2-3H3. The molecule has 0 fully saturated rings. The van der Waals surface area contributed by atoms with E-state index in [1.165, 1.54) is 11.3 Å². The van der Waals surface area contributed by atoms with Crippen molar-refractivity contribution >= 4 is 23.5 Å². The van der Waals surface area contributed by atoms with E-state index in [2.05, 4.69) is 23.6 Å². The Hall–Kier alpha value is -0.0200. The van der Waals surface area contributed by atoms with Gasteiger partial charge >= 0.3 is 0 Å². The van der Waals surface area contributed by atoms with Crippen LogP contribution in [0.2, 0.25) is 0 Å². The summed E-state index contributed by atoms with van der Waals surface area (Å²) in [6.07, 6.45) is 4.44. The minimum Gasteiger partial charge on any atom is -0.392 e. The molecule has 0 spiro atoms. The molecule has 1 heterocycles. The van der Waals surface area contributed by atoms with Crippen molar-refractivity contribution in [3.8, 4) is 0 Å². The molecule has 12 heavy (non-hydrogen) atoms. The van der Waals surface area contributed by atoms with Crippen LogP contribution in [0, 0.1) is 0 Å². The second-order valence-corrected chi connectivity index (χ2v) is 4.92. The van der Waals surface area contributed by atoms with Crippen LogP contribution < -0.4 is 5.32 Å². The SMILES string of the molecule is C=C(CC1CC(SC)=CS1)NC. The molecular weight excluding hydrogens is 186 g/mol. The summed E-state index contributed by atoms with van der Waals surface area (Å²) in [5.41, 5.74) is 1.14. The number of allylic oxidation sites excluding steroid dienone is 2. The summed E-state index contributed by atoms with van der Waals surface area (Å²) in [6.45, 7) is 3.93. The molecule has 0 aromatic carbocycles. The van der Waals surface area contributed by atoms with Gasteiger partial charge < -0.3 is 5.32 Å². The van der Waals surface area contributed by atoms with E-state index in [1.807, 2.05) is 30.6 Å². The van der Waals surface area contributed by atoms with Crippen molar-refractivity contribution < 1.29 is 0 Å². The van der Waals surface area contributed by atoms with Crippen molar-refractivity contribution in [2.45, 2.75) is 18.1 Å². The van der Waals surface area contributed by atoms with E-state index in [0.717, 1.165) is 12.1 Å². The van der Waals surface area contributed by atoms with Gasteiger partial charge in [0.2, 0.25) is 0 Å². The van der Waals surface area contributed by atoms with Gasteiger partial charge in [-0.2, -0.15) is 0 Å². The predicted molar refractivity (Wildman–Crippen MR) is 60.4 cm³/mol. The van der Waals surface area contributed by atoms with Gasteiger partial charge in [0.15, 0.2) is 0 Å². The van der Waals surface area contributed by atoms with Gasteiger partial charge in [-0.25, -0.2) is 0 Å². The third kappa shape index (κ3) is 2.79. The zero-order valence-electron chi connectivity index (χ0n) is 7.59. The van der Waals surface area contributed by atoms with Gasteiger partial charge in [-0.05, 0) is 29.4 Å². The van der Waals surface area contributed by atoms with Gasteiger partial charge in [-0.3, -0.25) is 0 Å². The highest BCUT2D eigenvalue weighted by Gasteiger charge is 2.17. The molecule has 1 nitrogen and oxygen atoms in total. The summed E-state index contributed by atoms with van der Waals surface area (Å²) >= 11 is 3.80. The lowest BCUT2D eigenvalue weighted by molar-refractivity contribution is 0.799. The maximum Gasteiger partial charge on any atom is 0.0189 e. The van der Waals surface area contributed by atoms with Crippen molar-refractivity contribution in [2.24, 2.45) is 0 Å². The maximum atomic E-state index is 3.93. The number of thioether (sulfide) groups is 2. The van der Waals surface area contributed by atoms with Gasteiger partial charge in [0.25, 0.3) is 0 Å². The molecule has 68 valence electrons. The summed E-state index contributed by atoms with van der Waals surface area (Å²) in [7, 11) is 1.94. The fourth-order valence-corrected chi connectivity index (χ4v) is 3.16. The van der Waals surface area contributed by atoms with Gasteiger partial charge in [0.05, 0.1) is 0 Å². The Labute approximate surface area is 83.1 Å². The molecule has 0 radical (unpaired) electrons. The molecule has 1 aliphatic rings. The number of rotatable bonds is 4. The highest BCUT2D eigenvalue weighted by molar-refractivity contribution is 8.07. The largest absolute Gasteiger partial charge is 0.392 e. The minimum absolute atomic E-state index is 0.715. The van der Waals surface area contributed by atoms with Crippen LogP contribution in [0.15, 0.2) is 22.6 Å². The first kappa shape index (κ1) is 10.1. The molecule has 1 unspecified atom stereocenters. The summed E-state index contributed by atoms with van der Waals surface area (Å²) in [5, 5.41) is 6.08. The smallest absolute Gasteiger partial charge is 0.0189 e. The zero-order valence-corrected chi connectivity index (χ0v) is 9.23. The summed E-state index contributed by atoms with van der Waals surface area (Å²) in [6, 6.07) is 0. The molecule has 1 rings (SSSR count). The molecule has 0 aliphatic carbocycles. The molecule has 1 aliphatic heterocycles. The fraction of sp³-hybridized carbons (Fsp3) is 0.556. The van der Waals surface area contributed by atoms with Crippen molar-refractivity contribution in [2.75, 3.05) is 13.3 Å². The first-order chi connectivity index (χ1) is 5.76. The van der Waals surface area contributed by atoms with E-state index in [-0.39, 0.29) is 0 Å². The average Bonchev–Trinajstić information content (AvgIpc) is 2.52. The topological polar surface area (TPSA) is 12.0 Å². The molecule has 1 N–H and O–H groups in total. The van der Waals surface area contributed by atoms with Gasteiger partial charge in [0, 0.05) is 18.0 Å². The van der Waals surface area contributed by atoms with Gasteiger partial charge in [0.1, 0.15) is 0 Å². The Balaban J connectivity index is 2.27. The molecular formula is C9H15NS2. The minimum atomic E-state index is 0.715. The monoisotopic (exact) mass is 201 g/mol. The number of hydrogen-bond acceptors (Lipinski definition) is 3. The van der Waals surface area contributed by atoms with Crippen LogP contribution in [0.1, 0.15) is 12.8 Å². The lowest BCUT2D eigenvalue weighted by Crippen LogP contribution is -2.10. The van der Waals surface area contributed by atoms with Crippen LogP contribution in [-0.4, -0.2) is 18.6 Å². The Bertz CT molecular complexity index is 199. The first-order valence-electron chi connectivity index (χ1n) is 4.00. The van der Waals surface area contributed by atoms with Crippen molar-refractivity contribution in [1.29, 1.82) is 0 Å². The second-order valence-electron chi connectivity index (χ2n) is 2.81. The lowest BCUT2D eigenvalue weighted by Gasteiger charge is -2.10. The van der Waals surface area contributed by atoms with Crippen LogP contribution in [0.5, 0.6) is 0 Å². The third-order valence-corrected chi connectivity index (χ3v) is 4.01. The third-order valence-electron chi connectivity index (χ3n) is 1.91. The quantitative estimate of drug-likeness (QED) is 0.751. The molecule has 1 atom stereocenters. The predicted octanol–water partition coefficient (Wildman–Crippen LogP) is 2.82. The molecule has 0 saturated heterocycles. The Morgan fingerprint density at radius 3 is 3.17 bits per heavy atom. The summed E-state index contributed by atoms with van der Waals surface area (Å²) < 4.78 is 0. The molecule has 0 aromatic rings. The lowest BCUT2D eigenvalue weighted by atomic mass is 10.2. The Morgan fingerprint density at radius 1 is 1.92 bits per heavy atom. The number of hydrogen-bond donors (Lipinski definition) is 1. The highest BCUT2D eigenvalue weighted by atomic mass is 32.2. The Morgan fingerprint density at radius 2 is 2.67 bits per heavy atom. The average molecular weight is 201 g/mol. The Kier molecular flexibility index (Phi) is 4.09. The van der Waals surface area contributed by atoms with E-state index in [9.17, 15) is 0 Å². The molecule has 0 saturated carbocycles. The molecule has 3 heteroatoms. The van der Waals surface area contributed by atoms with E-state index in [0.29, 0.717) is 5.25 Å². The number of nitrogens with one attached hydrogen (secondary N) is 1. The van der Waals surface area contributed by atoms with Crippen LogP contribution in [0.25, 0.3) is 0 Å². The van der Waals surface area contributed by atoms with Crippen molar-refractivity contribution in [1.82, 2.24) is 5.32 Å². The van der Waals surface area contributed by atoms with Crippen LogP contribution in [0.4, 0.5) is 0 Å². The van der Waals surface area contributed by atoms with Gasteiger partial charge in [-0.15, -0.1) is 23.5 Å². The summed E-state index contributed by atoms with van der Waals surface area (Å²) in [4.78, 5) is 1.51. The molecule has 0 aromatic heterocycles. The van der Waals surface area contributed by atoms with Crippen LogP contribution >= 0.6 is 23.5 Å². The van der Waals surface area contributed by atoms with Crippen molar-refractivity contribution in [3.63, 3.8) is 0 Å². The highest BCUT2D eigenvalue weighted by Crippen LogP contribution is 2.37. The van der Waals surface area contributed by atoms with E-state index < -0.39 is 0 Å². The normalized spacial score (nSPS) is 22.2. The fourth-order valence-electron chi connectivity index (χ4n) is 1.12. The van der Waals surface area contributed by atoms with Crippen molar-refractivity contribution in [3.05, 3.63) is 22.6 Å². The first-order valence-corrected chi connectivity index (χ1v) is 6.17. The van der Waals surface area contributed by atoms with E-state index in [1.54, 1.807) is 0 Å². The molecule has 0 amide bonds. The zero-order chi connectivity index (χ0) is 8.97. The maximum absolute atomic E-state index is 3.93. The van der Waals surface area contributed by atoms with E-state index in [4.69, 9.17) is 0 Å². The second kappa shape index (κ2) is 4.87. The summed E-state index contributed by atoms with van der Waals surface area (Å²) in [5.74, 6) is 0. The molecule has 0 bridgehead atoms.